The molecule has 132 valence electrons. The van der Waals surface area contributed by atoms with Crippen LogP contribution in [0.25, 0.3) is 16.7 Å². The van der Waals surface area contributed by atoms with Crippen LogP contribution in [0.1, 0.15) is 5.56 Å². The average Bonchev–Trinajstić information content (AvgIpc) is 3.03. The minimum atomic E-state index is -4.75. The maximum atomic E-state index is 13.8. The molecule has 2 heterocycles. The zero-order valence-electron chi connectivity index (χ0n) is 12.9. The van der Waals surface area contributed by atoms with E-state index in [0.717, 1.165) is 12.1 Å². The summed E-state index contributed by atoms with van der Waals surface area (Å²) < 4.78 is 53.6. The van der Waals surface area contributed by atoms with Crippen molar-refractivity contribution in [3.8, 4) is 0 Å². The largest absolute Gasteiger partial charge is 0.419 e. The van der Waals surface area contributed by atoms with Crippen LogP contribution in [0.5, 0.6) is 0 Å². The van der Waals surface area contributed by atoms with Crippen LogP contribution in [-0.4, -0.2) is 14.4 Å². The third-order valence-electron chi connectivity index (χ3n) is 3.83. The Kier molecular flexibility index (Phi) is 3.73. The van der Waals surface area contributed by atoms with E-state index < -0.39 is 17.6 Å². The van der Waals surface area contributed by atoms with Gasteiger partial charge in [-0.25, -0.2) is 14.4 Å². The van der Waals surface area contributed by atoms with Crippen molar-refractivity contribution in [3.63, 3.8) is 0 Å². The van der Waals surface area contributed by atoms with Crippen LogP contribution in [0.3, 0.4) is 0 Å². The van der Waals surface area contributed by atoms with Crippen molar-refractivity contribution >= 4 is 39.8 Å². The summed E-state index contributed by atoms with van der Waals surface area (Å²) in [6.45, 7) is 0. The minimum absolute atomic E-state index is 0.120. The van der Waals surface area contributed by atoms with Gasteiger partial charge in [0.15, 0.2) is 11.5 Å². The molecule has 9 heteroatoms. The molecular weight excluding hydrogens is 372 g/mol. The van der Waals surface area contributed by atoms with E-state index in [1.807, 2.05) is 0 Å². The van der Waals surface area contributed by atoms with E-state index >= 15 is 0 Å². The van der Waals surface area contributed by atoms with E-state index in [1.54, 1.807) is 28.8 Å². The highest BCUT2D eigenvalue weighted by atomic mass is 35.5. The highest BCUT2D eigenvalue weighted by Gasteiger charge is 2.34. The molecule has 0 fully saturated rings. The summed E-state index contributed by atoms with van der Waals surface area (Å²) >= 11 is 6.22. The number of aromatic nitrogens is 3. The predicted molar refractivity (Wildman–Crippen MR) is 90.2 cm³/mol. The van der Waals surface area contributed by atoms with Gasteiger partial charge in [-0.2, -0.15) is 13.2 Å². The summed E-state index contributed by atoms with van der Waals surface area (Å²) in [5.41, 5.74) is 0.399. The molecule has 0 bridgehead atoms. The van der Waals surface area contributed by atoms with Gasteiger partial charge in [0.2, 0.25) is 0 Å². The standard InChI is InChI=1S/C17H9ClF4N4/c18-11-2-1-3-13-14(11)26-7-6-23-16(26)15(25-13)24-9-4-5-10(12(19)8-9)17(20,21)22/h1-8H,(H,24,25). The Morgan fingerprint density at radius 3 is 2.65 bits per heavy atom. The van der Waals surface area contributed by atoms with Crippen LogP contribution in [0.15, 0.2) is 48.8 Å². The van der Waals surface area contributed by atoms with Gasteiger partial charge in [-0.15, -0.1) is 0 Å². The van der Waals surface area contributed by atoms with E-state index in [0.29, 0.717) is 27.8 Å². The monoisotopic (exact) mass is 380 g/mol. The number of halogens is 5. The highest BCUT2D eigenvalue weighted by Crippen LogP contribution is 2.33. The molecule has 1 N–H and O–H groups in total. The van der Waals surface area contributed by atoms with E-state index in [4.69, 9.17) is 11.6 Å². The van der Waals surface area contributed by atoms with Gasteiger partial charge in [0.1, 0.15) is 5.82 Å². The lowest BCUT2D eigenvalue weighted by atomic mass is 10.2. The van der Waals surface area contributed by atoms with E-state index in [9.17, 15) is 17.6 Å². The molecule has 0 aliphatic carbocycles. The number of hydrogen-bond acceptors (Lipinski definition) is 3. The van der Waals surface area contributed by atoms with Crippen LogP contribution in [0.2, 0.25) is 5.02 Å². The molecular formula is C17H9ClF4N4. The Morgan fingerprint density at radius 2 is 1.92 bits per heavy atom. The zero-order chi connectivity index (χ0) is 18.5. The lowest BCUT2D eigenvalue weighted by molar-refractivity contribution is -0.139. The molecule has 0 amide bonds. The SMILES string of the molecule is Fc1cc(Nc2nc3cccc(Cl)c3n3ccnc23)ccc1C(F)(F)F. The van der Waals surface area contributed by atoms with Crippen LogP contribution in [0.4, 0.5) is 29.1 Å². The van der Waals surface area contributed by atoms with Crippen molar-refractivity contribution < 1.29 is 17.6 Å². The molecule has 4 nitrogen and oxygen atoms in total. The third kappa shape index (κ3) is 2.72. The third-order valence-corrected chi connectivity index (χ3v) is 4.13. The van der Waals surface area contributed by atoms with Crippen molar-refractivity contribution in [2.45, 2.75) is 6.18 Å². The fourth-order valence-electron chi connectivity index (χ4n) is 2.71. The Hall–Kier alpha value is -2.87. The van der Waals surface area contributed by atoms with E-state index in [1.165, 1.54) is 6.20 Å². The number of para-hydroxylation sites is 1. The smallest absolute Gasteiger partial charge is 0.337 e. The second-order valence-corrected chi connectivity index (χ2v) is 5.91. The maximum absolute atomic E-state index is 13.8. The second-order valence-electron chi connectivity index (χ2n) is 5.51. The van der Waals surface area contributed by atoms with Crippen molar-refractivity contribution in [1.29, 1.82) is 0 Å². The minimum Gasteiger partial charge on any atom is -0.337 e. The quantitative estimate of drug-likeness (QED) is 0.471. The Balaban J connectivity index is 1.82. The lowest BCUT2D eigenvalue weighted by Crippen LogP contribution is -2.08. The predicted octanol–water partition coefficient (Wildman–Crippen LogP) is 5.44. The van der Waals surface area contributed by atoms with Gasteiger partial charge in [0.25, 0.3) is 0 Å². The zero-order valence-corrected chi connectivity index (χ0v) is 13.6. The summed E-state index contributed by atoms with van der Waals surface area (Å²) in [5, 5.41) is 3.30. The second kappa shape index (κ2) is 5.84. The van der Waals surface area contributed by atoms with Crippen molar-refractivity contribution in [2.24, 2.45) is 0 Å². The molecule has 0 aliphatic rings. The average molecular weight is 381 g/mol. The van der Waals surface area contributed by atoms with Crippen LogP contribution < -0.4 is 5.32 Å². The molecule has 26 heavy (non-hydrogen) atoms. The maximum Gasteiger partial charge on any atom is 0.419 e. The Morgan fingerprint density at radius 1 is 1.12 bits per heavy atom. The Bertz CT molecular complexity index is 1140. The first-order chi connectivity index (χ1) is 12.3. The van der Waals surface area contributed by atoms with Crippen molar-refractivity contribution in [2.75, 3.05) is 5.32 Å². The van der Waals surface area contributed by atoms with Crippen molar-refractivity contribution in [1.82, 2.24) is 14.4 Å². The molecule has 0 spiro atoms. The van der Waals surface area contributed by atoms with Gasteiger partial charge in [-0.3, -0.25) is 4.40 Å². The molecule has 4 rings (SSSR count). The summed E-state index contributed by atoms with van der Waals surface area (Å²) in [7, 11) is 0. The number of hydrogen-bond donors (Lipinski definition) is 1. The number of rotatable bonds is 2. The molecule has 0 saturated carbocycles. The number of nitrogens with zero attached hydrogens (tertiary/aromatic N) is 3. The summed E-state index contributed by atoms with van der Waals surface area (Å²) in [6, 6.07) is 7.75. The first-order valence-corrected chi connectivity index (χ1v) is 7.77. The number of fused-ring (bicyclic) bond motifs is 3. The van der Waals surface area contributed by atoms with Gasteiger partial charge in [0, 0.05) is 18.1 Å². The first kappa shape index (κ1) is 16.6. The molecule has 0 radical (unpaired) electrons. The summed E-state index contributed by atoms with van der Waals surface area (Å²) in [5.74, 6) is -1.10. The van der Waals surface area contributed by atoms with Crippen LogP contribution >= 0.6 is 11.6 Å². The molecule has 0 aliphatic heterocycles. The number of nitrogens with one attached hydrogen (secondary N) is 1. The lowest BCUT2D eigenvalue weighted by Gasteiger charge is -2.12. The number of benzene rings is 2. The van der Waals surface area contributed by atoms with Gasteiger partial charge < -0.3 is 5.32 Å². The number of imidazole rings is 1. The van der Waals surface area contributed by atoms with Gasteiger partial charge in [-0.05, 0) is 30.3 Å². The summed E-state index contributed by atoms with van der Waals surface area (Å²) in [4.78, 5) is 8.60. The number of anilines is 2. The topological polar surface area (TPSA) is 42.2 Å². The Labute approximate surface area is 149 Å². The fourth-order valence-corrected chi connectivity index (χ4v) is 2.97. The molecule has 0 atom stereocenters. The fraction of sp³-hybridized carbons (Fsp3) is 0.0588. The molecule has 4 aromatic rings. The van der Waals surface area contributed by atoms with Gasteiger partial charge in [-0.1, -0.05) is 17.7 Å². The van der Waals surface area contributed by atoms with Gasteiger partial charge in [0.05, 0.1) is 21.6 Å². The van der Waals surface area contributed by atoms with Crippen LogP contribution in [0, 0.1) is 5.82 Å². The molecule has 2 aromatic heterocycles. The van der Waals surface area contributed by atoms with Crippen molar-refractivity contribution in [3.05, 3.63) is 65.2 Å². The number of alkyl halides is 3. The highest BCUT2D eigenvalue weighted by molar-refractivity contribution is 6.35. The molecule has 0 saturated heterocycles. The van der Waals surface area contributed by atoms with Gasteiger partial charge >= 0.3 is 6.18 Å². The summed E-state index contributed by atoms with van der Waals surface area (Å²) in [6.07, 6.45) is -1.53. The van der Waals surface area contributed by atoms with E-state index in [-0.39, 0.29) is 11.5 Å². The molecule has 2 aromatic carbocycles. The van der Waals surface area contributed by atoms with E-state index in [2.05, 4.69) is 15.3 Å². The molecule has 0 unspecified atom stereocenters. The normalized spacial score (nSPS) is 12.0. The first-order valence-electron chi connectivity index (χ1n) is 7.39. The van der Waals surface area contributed by atoms with Crippen LogP contribution in [-0.2, 0) is 6.18 Å².